The van der Waals surface area contributed by atoms with Crippen molar-refractivity contribution in [1.29, 1.82) is 0 Å². The summed E-state index contributed by atoms with van der Waals surface area (Å²) < 4.78 is 0.965. The van der Waals surface area contributed by atoms with Crippen LogP contribution in [0.1, 0.15) is 18.0 Å². The maximum atomic E-state index is 11.9. The molecule has 2 fully saturated rings. The number of hydrogen-bond acceptors (Lipinski definition) is 2. The first-order valence-electron chi connectivity index (χ1n) is 6.11. The van der Waals surface area contributed by atoms with Crippen molar-refractivity contribution in [3.63, 3.8) is 0 Å². The molecule has 3 unspecified atom stereocenters. The van der Waals surface area contributed by atoms with Crippen LogP contribution in [0.4, 0.5) is 4.79 Å². The van der Waals surface area contributed by atoms with Gasteiger partial charge in [-0.15, -0.1) is 0 Å². The maximum Gasteiger partial charge on any atom is 0.318 e. The standard InChI is InChI=1S/C13H13BrN2O3/c14-8-3-1-2-7(4-8)10-6-16(13(19)15-10)11-5-9(11)12(17)18/h1-4,9-11H,5-6H2,(H,15,19)(H,17,18). The number of nitrogens with one attached hydrogen (secondary N) is 1. The predicted octanol–water partition coefficient (Wildman–Crippen LogP) is 1.99. The zero-order valence-corrected chi connectivity index (χ0v) is 11.6. The van der Waals surface area contributed by atoms with Crippen molar-refractivity contribution in [1.82, 2.24) is 10.2 Å². The molecular formula is C13H13BrN2O3. The van der Waals surface area contributed by atoms with E-state index in [-0.39, 0.29) is 18.1 Å². The van der Waals surface area contributed by atoms with Crippen LogP contribution < -0.4 is 5.32 Å². The van der Waals surface area contributed by atoms with E-state index < -0.39 is 11.9 Å². The topological polar surface area (TPSA) is 69.6 Å². The first-order valence-corrected chi connectivity index (χ1v) is 6.91. The lowest BCUT2D eigenvalue weighted by Gasteiger charge is -2.14. The molecular weight excluding hydrogens is 312 g/mol. The number of urea groups is 1. The zero-order valence-electron chi connectivity index (χ0n) is 10.0. The number of benzene rings is 1. The highest BCUT2D eigenvalue weighted by molar-refractivity contribution is 9.10. The van der Waals surface area contributed by atoms with Crippen LogP contribution in [0.2, 0.25) is 0 Å². The number of rotatable bonds is 3. The van der Waals surface area contributed by atoms with Crippen molar-refractivity contribution in [2.75, 3.05) is 6.54 Å². The maximum absolute atomic E-state index is 11.9. The molecule has 1 aromatic carbocycles. The van der Waals surface area contributed by atoms with E-state index >= 15 is 0 Å². The number of amides is 2. The van der Waals surface area contributed by atoms with Crippen LogP contribution in [0.3, 0.4) is 0 Å². The molecule has 2 amide bonds. The minimum atomic E-state index is -0.816. The van der Waals surface area contributed by atoms with E-state index in [2.05, 4.69) is 21.2 Å². The van der Waals surface area contributed by atoms with Gasteiger partial charge < -0.3 is 15.3 Å². The highest BCUT2D eigenvalue weighted by Crippen LogP contribution is 2.39. The molecule has 0 aromatic heterocycles. The molecule has 6 heteroatoms. The Bertz CT molecular complexity index is 548. The highest BCUT2D eigenvalue weighted by atomic mass is 79.9. The van der Waals surface area contributed by atoms with E-state index in [1.54, 1.807) is 4.90 Å². The predicted molar refractivity (Wildman–Crippen MR) is 71.7 cm³/mol. The van der Waals surface area contributed by atoms with E-state index in [9.17, 15) is 9.59 Å². The molecule has 2 aliphatic rings. The lowest BCUT2D eigenvalue weighted by molar-refractivity contribution is -0.138. The van der Waals surface area contributed by atoms with Gasteiger partial charge in [0.25, 0.3) is 0 Å². The summed E-state index contributed by atoms with van der Waals surface area (Å²) in [6, 6.07) is 7.40. The third-order valence-corrected chi connectivity index (χ3v) is 4.16. The molecule has 0 bridgehead atoms. The summed E-state index contributed by atoms with van der Waals surface area (Å²) in [5.41, 5.74) is 1.03. The van der Waals surface area contributed by atoms with Crippen molar-refractivity contribution < 1.29 is 14.7 Å². The van der Waals surface area contributed by atoms with Gasteiger partial charge in [0.1, 0.15) is 0 Å². The molecule has 3 atom stereocenters. The Kier molecular flexibility index (Phi) is 2.97. The molecule has 1 saturated heterocycles. The van der Waals surface area contributed by atoms with E-state index in [0.29, 0.717) is 13.0 Å². The Balaban J connectivity index is 1.72. The number of carbonyl (C=O) groups is 2. The molecule has 5 nitrogen and oxygen atoms in total. The molecule has 0 spiro atoms. The molecule has 19 heavy (non-hydrogen) atoms. The van der Waals surface area contributed by atoms with Crippen molar-refractivity contribution in [3.8, 4) is 0 Å². The molecule has 3 rings (SSSR count). The van der Waals surface area contributed by atoms with E-state index in [0.717, 1.165) is 10.0 Å². The van der Waals surface area contributed by atoms with Crippen LogP contribution in [-0.2, 0) is 4.79 Å². The third-order valence-electron chi connectivity index (χ3n) is 3.66. The van der Waals surface area contributed by atoms with E-state index in [1.165, 1.54) is 0 Å². The number of aliphatic carboxylic acids is 1. The summed E-state index contributed by atoms with van der Waals surface area (Å²) in [6.45, 7) is 0.531. The highest BCUT2D eigenvalue weighted by Gasteiger charge is 2.51. The second-order valence-electron chi connectivity index (χ2n) is 4.96. The second-order valence-corrected chi connectivity index (χ2v) is 5.87. The molecule has 1 heterocycles. The summed E-state index contributed by atoms with van der Waals surface area (Å²) in [5.74, 6) is -1.21. The van der Waals surface area contributed by atoms with Crippen LogP contribution in [0.15, 0.2) is 28.7 Å². The van der Waals surface area contributed by atoms with Crippen molar-refractivity contribution in [3.05, 3.63) is 34.3 Å². The van der Waals surface area contributed by atoms with Crippen LogP contribution in [0, 0.1) is 5.92 Å². The number of carboxylic acids is 1. The van der Waals surface area contributed by atoms with Gasteiger partial charge >= 0.3 is 12.0 Å². The smallest absolute Gasteiger partial charge is 0.318 e. The number of carbonyl (C=O) groups excluding carboxylic acids is 1. The van der Waals surface area contributed by atoms with Gasteiger partial charge in [-0.3, -0.25) is 4.79 Å². The second kappa shape index (κ2) is 4.52. The van der Waals surface area contributed by atoms with Gasteiger partial charge in [-0.2, -0.15) is 0 Å². The van der Waals surface area contributed by atoms with E-state index in [1.807, 2.05) is 24.3 Å². The molecule has 1 aliphatic heterocycles. The zero-order chi connectivity index (χ0) is 13.6. The van der Waals surface area contributed by atoms with Crippen LogP contribution >= 0.6 is 15.9 Å². The Morgan fingerprint density at radius 3 is 2.89 bits per heavy atom. The quantitative estimate of drug-likeness (QED) is 0.893. The number of halogens is 1. The lowest BCUT2D eigenvalue weighted by atomic mass is 10.1. The van der Waals surface area contributed by atoms with Gasteiger partial charge in [0.05, 0.1) is 12.0 Å². The minimum absolute atomic E-state index is 0.0694. The molecule has 1 saturated carbocycles. The summed E-state index contributed by atoms with van der Waals surface area (Å²) in [6.07, 6.45) is 0.563. The summed E-state index contributed by atoms with van der Waals surface area (Å²) in [7, 11) is 0. The van der Waals surface area contributed by atoms with Crippen molar-refractivity contribution in [2.45, 2.75) is 18.5 Å². The van der Waals surface area contributed by atoms with Crippen molar-refractivity contribution in [2.24, 2.45) is 5.92 Å². The van der Waals surface area contributed by atoms with Gasteiger partial charge in [-0.25, -0.2) is 4.79 Å². The van der Waals surface area contributed by atoms with Crippen molar-refractivity contribution >= 4 is 27.9 Å². The number of hydrogen-bond donors (Lipinski definition) is 2. The SMILES string of the molecule is O=C(O)C1CC1N1CC(c2cccc(Br)c2)NC1=O. The fourth-order valence-electron chi connectivity index (χ4n) is 2.55. The van der Waals surface area contributed by atoms with Crippen LogP contribution in [-0.4, -0.2) is 34.6 Å². The Morgan fingerprint density at radius 1 is 1.47 bits per heavy atom. The monoisotopic (exact) mass is 324 g/mol. The molecule has 2 N–H and O–H groups in total. The third kappa shape index (κ3) is 2.32. The van der Waals surface area contributed by atoms with Gasteiger partial charge in [-0.05, 0) is 24.1 Å². The number of carboxylic acid groups (broad SMARTS) is 1. The summed E-state index contributed by atoms with van der Waals surface area (Å²) in [5, 5.41) is 11.8. The molecule has 0 radical (unpaired) electrons. The average molecular weight is 325 g/mol. The summed E-state index contributed by atoms with van der Waals surface area (Å²) >= 11 is 3.41. The van der Waals surface area contributed by atoms with E-state index in [4.69, 9.17) is 5.11 Å². The first-order chi connectivity index (χ1) is 9.06. The summed E-state index contributed by atoms with van der Waals surface area (Å²) in [4.78, 5) is 24.4. The largest absolute Gasteiger partial charge is 0.481 e. The minimum Gasteiger partial charge on any atom is -0.481 e. The van der Waals surface area contributed by atoms with Gasteiger partial charge in [0, 0.05) is 17.1 Å². The fourth-order valence-corrected chi connectivity index (χ4v) is 2.96. The van der Waals surface area contributed by atoms with Gasteiger partial charge in [0.15, 0.2) is 0 Å². The first kappa shape index (κ1) is 12.5. The fraction of sp³-hybridized carbons (Fsp3) is 0.385. The molecule has 100 valence electrons. The Morgan fingerprint density at radius 2 is 2.26 bits per heavy atom. The molecule has 1 aliphatic carbocycles. The molecule has 1 aromatic rings. The lowest BCUT2D eigenvalue weighted by Crippen LogP contribution is -2.32. The van der Waals surface area contributed by atoms with Crippen LogP contribution in [0.25, 0.3) is 0 Å². The Hall–Kier alpha value is -1.56. The average Bonchev–Trinajstić information content (AvgIpc) is 3.06. The normalized spacial score (nSPS) is 29.2. The van der Waals surface area contributed by atoms with Gasteiger partial charge in [0.2, 0.25) is 0 Å². The van der Waals surface area contributed by atoms with Crippen LogP contribution in [0.5, 0.6) is 0 Å². The van der Waals surface area contributed by atoms with Gasteiger partial charge in [-0.1, -0.05) is 28.1 Å². The Labute approximate surface area is 118 Å². The number of nitrogens with zero attached hydrogens (tertiary/aromatic N) is 1.